The van der Waals surface area contributed by atoms with Crippen LogP contribution in [0.2, 0.25) is 0 Å². The minimum absolute atomic E-state index is 0.589. The van der Waals surface area contributed by atoms with E-state index in [1.165, 1.54) is 5.56 Å². The molecule has 118 valence electrons. The third kappa shape index (κ3) is 4.01. The number of hydrogen-bond acceptors (Lipinski definition) is 2. The van der Waals surface area contributed by atoms with Crippen molar-refractivity contribution in [3.63, 3.8) is 0 Å². The van der Waals surface area contributed by atoms with Gasteiger partial charge in [0.2, 0.25) is 0 Å². The van der Waals surface area contributed by atoms with Gasteiger partial charge in [-0.1, -0.05) is 44.2 Å². The summed E-state index contributed by atoms with van der Waals surface area (Å²) in [5.41, 5.74) is 3.48. The summed E-state index contributed by atoms with van der Waals surface area (Å²) in [6, 6.07) is 18.4. The van der Waals surface area contributed by atoms with E-state index in [-0.39, 0.29) is 0 Å². The molecule has 0 fully saturated rings. The van der Waals surface area contributed by atoms with Gasteiger partial charge in [0.05, 0.1) is 18.2 Å². The van der Waals surface area contributed by atoms with Crippen molar-refractivity contribution in [2.45, 2.75) is 27.0 Å². The Bertz CT molecular complexity index is 730. The highest BCUT2D eigenvalue weighted by Crippen LogP contribution is 2.23. The summed E-state index contributed by atoms with van der Waals surface area (Å²) < 4.78 is 8.04. The maximum Gasteiger partial charge on any atom is 0.119 e. The average Bonchev–Trinajstić information content (AvgIpc) is 3.02. The molecule has 0 aliphatic carbocycles. The maximum atomic E-state index is 5.84. The molecule has 0 atom stereocenters. The van der Waals surface area contributed by atoms with E-state index in [1.807, 2.05) is 42.9 Å². The van der Waals surface area contributed by atoms with Gasteiger partial charge in [-0.05, 0) is 35.7 Å². The molecule has 0 unspecified atom stereocenters. The van der Waals surface area contributed by atoms with Gasteiger partial charge in [-0.15, -0.1) is 0 Å². The van der Waals surface area contributed by atoms with Gasteiger partial charge in [-0.3, -0.25) is 0 Å². The van der Waals surface area contributed by atoms with Gasteiger partial charge < -0.3 is 9.30 Å². The first-order chi connectivity index (χ1) is 11.2. The van der Waals surface area contributed by atoms with E-state index >= 15 is 0 Å². The van der Waals surface area contributed by atoms with Gasteiger partial charge in [-0.25, -0.2) is 4.98 Å². The number of imidazole rings is 1. The van der Waals surface area contributed by atoms with Crippen LogP contribution in [0.1, 0.15) is 19.4 Å². The predicted molar refractivity (Wildman–Crippen MR) is 93.3 cm³/mol. The summed E-state index contributed by atoms with van der Waals surface area (Å²) in [4.78, 5) is 4.28. The molecule has 1 aromatic heterocycles. The molecule has 1 heterocycles. The van der Waals surface area contributed by atoms with Crippen LogP contribution in [0.25, 0.3) is 11.3 Å². The van der Waals surface area contributed by atoms with Gasteiger partial charge >= 0.3 is 0 Å². The van der Waals surface area contributed by atoms with Crippen LogP contribution in [-0.4, -0.2) is 9.55 Å². The number of rotatable bonds is 6. The van der Waals surface area contributed by atoms with E-state index in [1.54, 1.807) is 0 Å². The van der Waals surface area contributed by atoms with Crippen molar-refractivity contribution < 1.29 is 4.74 Å². The highest BCUT2D eigenvalue weighted by atomic mass is 16.5. The molecule has 3 heteroatoms. The average molecular weight is 306 g/mol. The van der Waals surface area contributed by atoms with E-state index in [4.69, 9.17) is 4.74 Å². The van der Waals surface area contributed by atoms with E-state index in [0.717, 1.165) is 23.6 Å². The van der Waals surface area contributed by atoms with Gasteiger partial charge in [0.1, 0.15) is 12.4 Å². The predicted octanol–water partition coefficient (Wildman–Crippen LogP) is 4.79. The number of ether oxygens (including phenoxy) is 1. The second-order valence-electron chi connectivity index (χ2n) is 6.12. The van der Waals surface area contributed by atoms with Gasteiger partial charge in [0.15, 0.2) is 0 Å². The zero-order valence-corrected chi connectivity index (χ0v) is 13.6. The molecule has 0 aliphatic heterocycles. The molecule has 0 spiro atoms. The first kappa shape index (κ1) is 15.3. The summed E-state index contributed by atoms with van der Waals surface area (Å²) in [5, 5.41) is 0. The lowest BCUT2D eigenvalue weighted by Crippen LogP contribution is -2.04. The van der Waals surface area contributed by atoms with E-state index in [2.05, 4.69) is 47.7 Å². The maximum absolute atomic E-state index is 5.84. The first-order valence-corrected chi connectivity index (χ1v) is 7.99. The standard InChI is InChI=1S/C20H22N2O/c1-16(2)13-22-15-21-12-20(22)18-8-10-19(11-9-18)23-14-17-6-4-3-5-7-17/h3-12,15-16H,13-14H2,1-2H3. The largest absolute Gasteiger partial charge is 0.489 e. The van der Waals surface area contributed by atoms with Crippen molar-refractivity contribution >= 4 is 0 Å². The Labute approximate surface area is 137 Å². The van der Waals surface area contributed by atoms with Crippen LogP contribution < -0.4 is 4.74 Å². The van der Waals surface area contributed by atoms with Crippen LogP contribution in [0, 0.1) is 5.92 Å². The van der Waals surface area contributed by atoms with Crippen LogP contribution in [0.15, 0.2) is 67.1 Å². The molecule has 0 N–H and O–H groups in total. The second-order valence-corrected chi connectivity index (χ2v) is 6.12. The Morgan fingerprint density at radius 3 is 2.43 bits per heavy atom. The summed E-state index contributed by atoms with van der Waals surface area (Å²) in [7, 11) is 0. The SMILES string of the molecule is CC(C)Cn1cncc1-c1ccc(OCc2ccccc2)cc1. The summed E-state index contributed by atoms with van der Waals surface area (Å²) >= 11 is 0. The second kappa shape index (κ2) is 7.14. The minimum Gasteiger partial charge on any atom is -0.489 e. The van der Waals surface area contributed by atoms with Crippen molar-refractivity contribution in [1.29, 1.82) is 0 Å². The van der Waals surface area contributed by atoms with E-state index < -0.39 is 0 Å². The lowest BCUT2D eigenvalue weighted by atomic mass is 10.1. The third-order valence-corrected chi connectivity index (χ3v) is 3.67. The number of benzene rings is 2. The summed E-state index contributed by atoms with van der Waals surface area (Å²) in [5.74, 6) is 1.48. The van der Waals surface area contributed by atoms with Crippen molar-refractivity contribution in [3.05, 3.63) is 72.7 Å². The fourth-order valence-electron chi connectivity index (χ4n) is 2.56. The molecule has 0 radical (unpaired) electrons. The molecule has 3 aromatic rings. The van der Waals surface area contributed by atoms with Gasteiger partial charge in [-0.2, -0.15) is 0 Å². The van der Waals surface area contributed by atoms with Crippen LogP contribution in [0.3, 0.4) is 0 Å². The molecule has 0 saturated heterocycles. The van der Waals surface area contributed by atoms with Gasteiger partial charge in [0.25, 0.3) is 0 Å². The van der Waals surface area contributed by atoms with Gasteiger partial charge in [0, 0.05) is 12.1 Å². The molecular formula is C20H22N2O. The number of aromatic nitrogens is 2. The van der Waals surface area contributed by atoms with Crippen molar-refractivity contribution in [1.82, 2.24) is 9.55 Å². The zero-order valence-electron chi connectivity index (χ0n) is 13.6. The van der Waals surface area contributed by atoms with Crippen molar-refractivity contribution in [3.8, 4) is 17.0 Å². The molecule has 23 heavy (non-hydrogen) atoms. The Morgan fingerprint density at radius 2 is 1.74 bits per heavy atom. The number of nitrogens with zero attached hydrogens (tertiary/aromatic N) is 2. The van der Waals surface area contributed by atoms with E-state index in [9.17, 15) is 0 Å². The zero-order chi connectivity index (χ0) is 16.1. The van der Waals surface area contributed by atoms with Crippen molar-refractivity contribution in [2.24, 2.45) is 5.92 Å². The quantitative estimate of drug-likeness (QED) is 0.655. The molecule has 2 aromatic carbocycles. The molecular weight excluding hydrogens is 284 g/mol. The highest BCUT2D eigenvalue weighted by Gasteiger charge is 2.07. The van der Waals surface area contributed by atoms with Crippen LogP contribution in [-0.2, 0) is 13.2 Å². The molecule has 3 nitrogen and oxygen atoms in total. The third-order valence-electron chi connectivity index (χ3n) is 3.67. The summed E-state index contributed by atoms with van der Waals surface area (Å²) in [6.07, 6.45) is 3.82. The fourth-order valence-corrected chi connectivity index (χ4v) is 2.56. The highest BCUT2D eigenvalue weighted by molar-refractivity contribution is 5.59. The van der Waals surface area contributed by atoms with Crippen LogP contribution in [0.4, 0.5) is 0 Å². The molecule has 0 saturated carbocycles. The Hall–Kier alpha value is -2.55. The Balaban J connectivity index is 1.69. The topological polar surface area (TPSA) is 27.1 Å². The lowest BCUT2D eigenvalue weighted by molar-refractivity contribution is 0.306. The van der Waals surface area contributed by atoms with Crippen molar-refractivity contribution in [2.75, 3.05) is 0 Å². The van der Waals surface area contributed by atoms with Crippen LogP contribution in [0.5, 0.6) is 5.75 Å². The monoisotopic (exact) mass is 306 g/mol. The Morgan fingerprint density at radius 1 is 1.00 bits per heavy atom. The molecule has 0 amide bonds. The smallest absolute Gasteiger partial charge is 0.119 e. The van der Waals surface area contributed by atoms with E-state index in [0.29, 0.717) is 12.5 Å². The lowest BCUT2D eigenvalue weighted by Gasteiger charge is -2.11. The molecule has 0 bridgehead atoms. The molecule has 3 rings (SSSR count). The normalized spacial score (nSPS) is 10.9. The minimum atomic E-state index is 0.589. The fraction of sp³-hybridized carbons (Fsp3) is 0.250. The molecule has 0 aliphatic rings. The number of hydrogen-bond donors (Lipinski definition) is 0. The Kier molecular flexibility index (Phi) is 4.77. The first-order valence-electron chi connectivity index (χ1n) is 7.99. The summed E-state index contributed by atoms with van der Waals surface area (Å²) in [6.45, 7) is 5.99. The van der Waals surface area contributed by atoms with Crippen LogP contribution >= 0.6 is 0 Å².